The first-order chi connectivity index (χ1) is 13.4. The van der Waals surface area contributed by atoms with Crippen molar-refractivity contribution in [1.29, 1.82) is 0 Å². The van der Waals surface area contributed by atoms with Gasteiger partial charge in [0.1, 0.15) is 0 Å². The fourth-order valence-electron chi connectivity index (χ4n) is 2.49. The minimum absolute atomic E-state index is 0.0671. The lowest BCUT2D eigenvalue weighted by Gasteiger charge is -2.18. The predicted molar refractivity (Wildman–Crippen MR) is 96.4 cm³/mol. The summed E-state index contributed by atoms with van der Waals surface area (Å²) in [6.07, 6.45) is 2.13. The summed E-state index contributed by atoms with van der Waals surface area (Å²) in [5.41, 5.74) is 0.709. The lowest BCUT2D eigenvalue weighted by molar-refractivity contribution is -0.130. The quantitative estimate of drug-likeness (QED) is 0.625. The number of alkyl halides is 2. The molecule has 2 amide bonds. The summed E-state index contributed by atoms with van der Waals surface area (Å²) in [6.45, 7) is -2.33. The zero-order chi connectivity index (χ0) is 20.5. The number of carbonyl (C=O) groups excluding carboxylic acids is 2. The fraction of sp³-hybridized carbons (Fsp3) is 0.368. The Morgan fingerprint density at radius 2 is 2.04 bits per heavy atom. The molecular formula is C19H22F2N2O5. The van der Waals surface area contributed by atoms with Crippen LogP contribution < -0.4 is 14.8 Å². The number of ether oxygens (including phenoxy) is 2. The molecule has 2 rings (SSSR count). The van der Waals surface area contributed by atoms with Crippen LogP contribution >= 0.6 is 0 Å². The van der Waals surface area contributed by atoms with E-state index in [9.17, 15) is 18.4 Å². The first kappa shape index (κ1) is 21.2. The highest BCUT2D eigenvalue weighted by Gasteiger charge is 2.14. The number of benzene rings is 1. The van der Waals surface area contributed by atoms with E-state index in [1.165, 1.54) is 24.3 Å². The fourth-order valence-corrected chi connectivity index (χ4v) is 2.49. The molecule has 1 N–H and O–H groups in total. The van der Waals surface area contributed by atoms with Crippen LogP contribution in [0.1, 0.15) is 29.0 Å². The summed E-state index contributed by atoms with van der Waals surface area (Å²) >= 11 is 0. The van der Waals surface area contributed by atoms with Gasteiger partial charge in [-0.1, -0.05) is 6.07 Å². The van der Waals surface area contributed by atoms with Gasteiger partial charge in [-0.25, -0.2) is 0 Å². The number of methoxy groups -OCH3 is 1. The third-order valence-corrected chi connectivity index (χ3v) is 3.89. The van der Waals surface area contributed by atoms with Crippen molar-refractivity contribution in [2.24, 2.45) is 0 Å². The van der Waals surface area contributed by atoms with Crippen molar-refractivity contribution in [3.63, 3.8) is 0 Å². The number of hydrogen-bond acceptors (Lipinski definition) is 5. The molecule has 1 aromatic heterocycles. The average Bonchev–Trinajstić information content (AvgIpc) is 3.20. The number of hydrogen-bond donors (Lipinski definition) is 1. The maximum absolute atomic E-state index is 12.4. The highest BCUT2D eigenvalue weighted by Crippen LogP contribution is 2.29. The predicted octanol–water partition coefficient (Wildman–Crippen LogP) is 3.06. The highest BCUT2D eigenvalue weighted by atomic mass is 19.3. The van der Waals surface area contributed by atoms with Crippen LogP contribution in [0.4, 0.5) is 8.78 Å². The Labute approximate surface area is 161 Å². The van der Waals surface area contributed by atoms with E-state index >= 15 is 0 Å². The van der Waals surface area contributed by atoms with Gasteiger partial charge in [-0.15, -0.1) is 0 Å². The second-order valence-electron chi connectivity index (χ2n) is 5.95. The molecule has 0 spiro atoms. The number of nitrogens with one attached hydrogen (secondary N) is 1. The van der Waals surface area contributed by atoms with Crippen LogP contribution in [-0.4, -0.2) is 44.0 Å². The SMILES string of the molecule is COc1cc(CN(C)C(=O)CCCNC(=O)c2ccco2)ccc1OC(F)F. The number of halogens is 2. The molecule has 0 aliphatic heterocycles. The van der Waals surface area contributed by atoms with E-state index in [0.29, 0.717) is 18.5 Å². The number of rotatable bonds is 10. The van der Waals surface area contributed by atoms with Crippen molar-refractivity contribution in [2.75, 3.05) is 20.7 Å². The molecule has 0 aliphatic carbocycles. The van der Waals surface area contributed by atoms with Gasteiger partial charge in [0, 0.05) is 26.6 Å². The molecule has 0 saturated carbocycles. The molecule has 1 heterocycles. The molecule has 2 aromatic rings. The Balaban J connectivity index is 1.79. The lowest BCUT2D eigenvalue weighted by atomic mass is 10.1. The summed E-state index contributed by atoms with van der Waals surface area (Å²) in [5, 5.41) is 2.67. The average molecular weight is 396 g/mol. The largest absolute Gasteiger partial charge is 0.493 e. The van der Waals surface area contributed by atoms with Crippen LogP contribution in [0, 0.1) is 0 Å². The number of nitrogens with zero attached hydrogens (tertiary/aromatic N) is 1. The Morgan fingerprint density at radius 3 is 2.68 bits per heavy atom. The van der Waals surface area contributed by atoms with Crippen molar-refractivity contribution in [2.45, 2.75) is 26.0 Å². The molecule has 1 aromatic carbocycles. The van der Waals surface area contributed by atoms with Gasteiger partial charge in [0.15, 0.2) is 17.3 Å². The normalized spacial score (nSPS) is 10.6. The van der Waals surface area contributed by atoms with E-state index in [2.05, 4.69) is 10.1 Å². The third-order valence-electron chi connectivity index (χ3n) is 3.89. The van der Waals surface area contributed by atoms with Gasteiger partial charge in [0.25, 0.3) is 5.91 Å². The first-order valence-electron chi connectivity index (χ1n) is 8.58. The van der Waals surface area contributed by atoms with E-state index in [4.69, 9.17) is 9.15 Å². The smallest absolute Gasteiger partial charge is 0.387 e. The van der Waals surface area contributed by atoms with Gasteiger partial charge >= 0.3 is 6.61 Å². The molecule has 0 fully saturated rings. The molecule has 152 valence electrons. The molecule has 28 heavy (non-hydrogen) atoms. The van der Waals surface area contributed by atoms with Crippen LogP contribution in [0.15, 0.2) is 41.0 Å². The Hall–Kier alpha value is -3.10. The minimum atomic E-state index is -2.95. The second-order valence-corrected chi connectivity index (χ2v) is 5.95. The van der Waals surface area contributed by atoms with Gasteiger partial charge in [0.05, 0.1) is 13.4 Å². The molecule has 0 radical (unpaired) electrons. The number of carbonyl (C=O) groups is 2. The molecule has 0 unspecified atom stereocenters. The Bertz CT molecular complexity index is 781. The summed E-state index contributed by atoms with van der Waals surface area (Å²) in [7, 11) is 2.99. The van der Waals surface area contributed by atoms with Crippen molar-refractivity contribution >= 4 is 11.8 Å². The first-order valence-corrected chi connectivity index (χ1v) is 8.58. The molecule has 0 saturated heterocycles. The summed E-state index contributed by atoms with van der Waals surface area (Å²) in [5.74, 6) is -0.124. The van der Waals surface area contributed by atoms with Gasteiger partial charge < -0.3 is 24.1 Å². The lowest BCUT2D eigenvalue weighted by Crippen LogP contribution is -2.28. The van der Waals surface area contributed by atoms with Crippen molar-refractivity contribution in [1.82, 2.24) is 10.2 Å². The second kappa shape index (κ2) is 10.3. The van der Waals surface area contributed by atoms with Gasteiger partial charge in [-0.05, 0) is 36.2 Å². The molecule has 9 heteroatoms. The molecular weight excluding hydrogens is 374 g/mol. The zero-order valence-electron chi connectivity index (χ0n) is 15.6. The van der Waals surface area contributed by atoms with E-state index < -0.39 is 6.61 Å². The highest BCUT2D eigenvalue weighted by molar-refractivity contribution is 5.91. The Morgan fingerprint density at radius 1 is 1.25 bits per heavy atom. The summed E-state index contributed by atoms with van der Waals surface area (Å²) in [6, 6.07) is 7.69. The number of furan rings is 1. The molecule has 0 bridgehead atoms. The van der Waals surface area contributed by atoms with E-state index in [-0.39, 0.29) is 42.0 Å². The van der Waals surface area contributed by atoms with Crippen molar-refractivity contribution in [3.8, 4) is 11.5 Å². The maximum atomic E-state index is 12.4. The molecule has 0 atom stereocenters. The number of amides is 2. The monoisotopic (exact) mass is 396 g/mol. The Kier molecular flexibility index (Phi) is 7.79. The van der Waals surface area contributed by atoms with Crippen LogP contribution in [0.3, 0.4) is 0 Å². The third kappa shape index (κ3) is 6.26. The van der Waals surface area contributed by atoms with Gasteiger partial charge in [-0.3, -0.25) is 9.59 Å². The van der Waals surface area contributed by atoms with Crippen LogP contribution in [0.2, 0.25) is 0 Å². The van der Waals surface area contributed by atoms with Crippen LogP contribution in [-0.2, 0) is 11.3 Å². The van der Waals surface area contributed by atoms with Crippen LogP contribution in [0.5, 0.6) is 11.5 Å². The standard InChI is InChI=1S/C19H22F2N2O5/c1-23(12-13-7-8-14(28-19(20)21)16(11-13)26-2)17(24)6-3-9-22-18(25)15-5-4-10-27-15/h4-5,7-8,10-11,19H,3,6,9,12H2,1-2H3,(H,22,25). The van der Waals surface area contributed by atoms with Crippen molar-refractivity contribution in [3.05, 3.63) is 47.9 Å². The van der Waals surface area contributed by atoms with Gasteiger partial charge in [0.2, 0.25) is 5.91 Å². The molecule has 7 nitrogen and oxygen atoms in total. The maximum Gasteiger partial charge on any atom is 0.387 e. The van der Waals surface area contributed by atoms with E-state index in [1.54, 1.807) is 31.3 Å². The molecule has 0 aliphatic rings. The van der Waals surface area contributed by atoms with Gasteiger partial charge in [-0.2, -0.15) is 8.78 Å². The summed E-state index contributed by atoms with van der Waals surface area (Å²) < 4.78 is 39.1. The van der Waals surface area contributed by atoms with Crippen molar-refractivity contribution < 1.29 is 32.3 Å². The minimum Gasteiger partial charge on any atom is -0.493 e. The van der Waals surface area contributed by atoms with Crippen LogP contribution in [0.25, 0.3) is 0 Å². The van der Waals surface area contributed by atoms with E-state index in [0.717, 1.165) is 0 Å². The zero-order valence-corrected chi connectivity index (χ0v) is 15.6. The van der Waals surface area contributed by atoms with E-state index in [1.807, 2.05) is 0 Å². The topological polar surface area (TPSA) is 81.0 Å². The summed E-state index contributed by atoms with van der Waals surface area (Å²) in [4.78, 5) is 25.4.